The molecule has 2 aliphatic heterocycles. The second kappa shape index (κ2) is 8.38. The predicted molar refractivity (Wildman–Crippen MR) is 120 cm³/mol. The van der Waals surface area contributed by atoms with Gasteiger partial charge >= 0.3 is 6.03 Å². The van der Waals surface area contributed by atoms with Gasteiger partial charge in [0.2, 0.25) is 11.9 Å². The lowest BCUT2D eigenvalue weighted by atomic mass is 10.1. The smallest absolute Gasteiger partial charge is 0.319 e. The van der Waals surface area contributed by atoms with Crippen molar-refractivity contribution in [2.75, 3.05) is 30.0 Å². The van der Waals surface area contributed by atoms with Gasteiger partial charge in [0.05, 0.1) is 43.7 Å². The predicted octanol–water partition coefficient (Wildman–Crippen LogP) is 2.51. The molecule has 1 saturated carbocycles. The second-order valence-corrected chi connectivity index (χ2v) is 8.74. The highest BCUT2D eigenvalue weighted by atomic mass is 16.5. The Bertz CT molecular complexity index is 1040. The van der Waals surface area contributed by atoms with E-state index in [9.17, 15) is 9.59 Å². The Balaban J connectivity index is 1.45. The SMILES string of the molecule is CC(=O)N1Cc2nc(N3CCOC[C@@H]3C)nc(-c3ccc(NC(=O)NC4CC4)cc3)c2C1. The van der Waals surface area contributed by atoms with Crippen molar-refractivity contribution in [2.24, 2.45) is 0 Å². The van der Waals surface area contributed by atoms with Crippen LogP contribution in [0.5, 0.6) is 0 Å². The first-order valence-electron chi connectivity index (χ1n) is 11.2. The molecule has 2 N–H and O–H groups in total. The number of carbonyl (C=O) groups excluding carboxylic acids is 2. The second-order valence-electron chi connectivity index (χ2n) is 8.74. The van der Waals surface area contributed by atoms with E-state index in [0.717, 1.165) is 47.6 Å². The fourth-order valence-electron chi connectivity index (χ4n) is 4.15. The molecule has 1 aromatic carbocycles. The summed E-state index contributed by atoms with van der Waals surface area (Å²) in [6.45, 7) is 6.69. The Morgan fingerprint density at radius 3 is 2.59 bits per heavy atom. The van der Waals surface area contributed by atoms with Gasteiger partial charge in [0.15, 0.2) is 0 Å². The molecule has 1 aliphatic carbocycles. The van der Waals surface area contributed by atoms with Crippen LogP contribution >= 0.6 is 0 Å². The summed E-state index contributed by atoms with van der Waals surface area (Å²) < 4.78 is 5.57. The normalized spacial score (nSPS) is 20.1. The van der Waals surface area contributed by atoms with E-state index in [0.29, 0.717) is 38.3 Å². The maximum absolute atomic E-state index is 12.0. The van der Waals surface area contributed by atoms with Gasteiger partial charge in [-0.3, -0.25) is 4.79 Å². The van der Waals surface area contributed by atoms with Crippen molar-refractivity contribution < 1.29 is 14.3 Å². The molecule has 1 atom stereocenters. The molecule has 0 unspecified atom stereocenters. The van der Waals surface area contributed by atoms with Crippen LogP contribution in [0, 0.1) is 0 Å². The number of hydrogen-bond donors (Lipinski definition) is 2. The first-order valence-corrected chi connectivity index (χ1v) is 11.2. The van der Waals surface area contributed by atoms with Gasteiger partial charge in [-0.2, -0.15) is 0 Å². The summed E-state index contributed by atoms with van der Waals surface area (Å²) in [6.07, 6.45) is 2.10. The van der Waals surface area contributed by atoms with Crippen LogP contribution in [0.25, 0.3) is 11.3 Å². The Labute approximate surface area is 187 Å². The standard InChI is InChI=1S/C23H28N6O3/c1-14-13-32-10-9-29(14)22-26-20-12-28(15(2)30)11-19(20)21(27-22)16-3-5-17(6-4-16)24-23(31)25-18-7-8-18/h3-6,14,18H,7-13H2,1-2H3,(H2,24,25,31)/t14-/m0/s1. The maximum atomic E-state index is 12.0. The summed E-state index contributed by atoms with van der Waals surface area (Å²) in [5.74, 6) is 0.697. The minimum absolute atomic E-state index is 0.0245. The minimum Gasteiger partial charge on any atom is -0.377 e. The monoisotopic (exact) mass is 436 g/mol. The number of anilines is 2. The highest BCUT2D eigenvalue weighted by molar-refractivity contribution is 5.90. The van der Waals surface area contributed by atoms with Crippen molar-refractivity contribution in [1.29, 1.82) is 0 Å². The van der Waals surface area contributed by atoms with Crippen LogP contribution in [0.1, 0.15) is 37.9 Å². The lowest BCUT2D eigenvalue weighted by Gasteiger charge is -2.33. The summed E-state index contributed by atoms with van der Waals surface area (Å²) in [6, 6.07) is 7.98. The van der Waals surface area contributed by atoms with Gasteiger partial charge in [0.25, 0.3) is 0 Å². The average molecular weight is 437 g/mol. The third-order valence-electron chi connectivity index (χ3n) is 6.17. The number of ether oxygens (including phenoxy) is 1. The van der Waals surface area contributed by atoms with E-state index in [4.69, 9.17) is 14.7 Å². The van der Waals surface area contributed by atoms with Crippen molar-refractivity contribution >= 4 is 23.6 Å². The molecule has 1 aromatic heterocycles. The molecular formula is C23H28N6O3. The van der Waals surface area contributed by atoms with Gasteiger partial charge in [0, 0.05) is 36.3 Å². The highest BCUT2D eigenvalue weighted by Gasteiger charge is 2.30. The lowest BCUT2D eigenvalue weighted by molar-refractivity contribution is -0.129. The molecule has 3 aliphatic rings. The number of carbonyl (C=O) groups is 2. The van der Waals surface area contributed by atoms with Gasteiger partial charge < -0.3 is 25.2 Å². The summed E-state index contributed by atoms with van der Waals surface area (Å²) in [5, 5.41) is 5.80. The Kier molecular flexibility index (Phi) is 5.42. The lowest BCUT2D eigenvalue weighted by Crippen LogP contribution is -2.44. The van der Waals surface area contributed by atoms with Crippen molar-refractivity contribution in [2.45, 2.75) is 51.9 Å². The number of nitrogens with zero attached hydrogens (tertiary/aromatic N) is 4. The van der Waals surface area contributed by atoms with E-state index >= 15 is 0 Å². The van der Waals surface area contributed by atoms with Gasteiger partial charge in [-0.1, -0.05) is 12.1 Å². The molecule has 2 aromatic rings. The third kappa shape index (κ3) is 4.25. The molecule has 32 heavy (non-hydrogen) atoms. The molecule has 2 fully saturated rings. The van der Waals surface area contributed by atoms with Crippen LogP contribution in [0.4, 0.5) is 16.4 Å². The number of rotatable bonds is 4. The van der Waals surface area contributed by atoms with Crippen molar-refractivity contribution in [3.63, 3.8) is 0 Å². The zero-order valence-electron chi connectivity index (χ0n) is 18.4. The van der Waals surface area contributed by atoms with E-state index in [1.807, 2.05) is 24.3 Å². The zero-order chi connectivity index (χ0) is 22.2. The third-order valence-corrected chi connectivity index (χ3v) is 6.17. The number of morpholine rings is 1. The van der Waals surface area contributed by atoms with Crippen LogP contribution in [-0.2, 0) is 22.6 Å². The van der Waals surface area contributed by atoms with E-state index in [1.165, 1.54) is 0 Å². The van der Waals surface area contributed by atoms with Gasteiger partial charge in [-0.25, -0.2) is 14.8 Å². The first-order chi connectivity index (χ1) is 15.5. The molecule has 3 amide bonds. The Morgan fingerprint density at radius 2 is 1.91 bits per heavy atom. The summed E-state index contributed by atoms with van der Waals surface area (Å²) in [4.78, 5) is 37.8. The summed E-state index contributed by atoms with van der Waals surface area (Å²) in [7, 11) is 0. The number of nitrogens with one attached hydrogen (secondary N) is 2. The number of benzene rings is 1. The molecule has 9 nitrogen and oxygen atoms in total. The number of aromatic nitrogens is 2. The van der Waals surface area contributed by atoms with Gasteiger partial charge in [-0.15, -0.1) is 0 Å². The van der Waals surface area contributed by atoms with Crippen LogP contribution in [0.3, 0.4) is 0 Å². The summed E-state index contributed by atoms with van der Waals surface area (Å²) in [5.41, 5.74) is 4.37. The topological polar surface area (TPSA) is 99.7 Å². The quantitative estimate of drug-likeness (QED) is 0.764. The van der Waals surface area contributed by atoms with E-state index < -0.39 is 0 Å². The molecule has 0 spiro atoms. The largest absolute Gasteiger partial charge is 0.377 e. The molecular weight excluding hydrogens is 408 g/mol. The van der Waals surface area contributed by atoms with E-state index in [-0.39, 0.29) is 18.0 Å². The first kappa shape index (κ1) is 20.7. The van der Waals surface area contributed by atoms with Crippen LogP contribution in [0.2, 0.25) is 0 Å². The molecule has 9 heteroatoms. The van der Waals surface area contributed by atoms with Crippen molar-refractivity contribution in [3.8, 4) is 11.3 Å². The van der Waals surface area contributed by atoms with Gasteiger partial charge in [0.1, 0.15) is 0 Å². The number of urea groups is 1. The van der Waals surface area contributed by atoms with E-state index in [1.54, 1.807) is 11.8 Å². The van der Waals surface area contributed by atoms with Gasteiger partial charge in [-0.05, 0) is 31.9 Å². The molecule has 5 rings (SSSR count). The molecule has 1 saturated heterocycles. The maximum Gasteiger partial charge on any atom is 0.319 e. The van der Waals surface area contributed by atoms with Crippen molar-refractivity contribution in [1.82, 2.24) is 20.2 Å². The average Bonchev–Trinajstić information content (AvgIpc) is 3.47. The van der Waals surface area contributed by atoms with Crippen LogP contribution in [0.15, 0.2) is 24.3 Å². The highest BCUT2D eigenvalue weighted by Crippen LogP contribution is 2.33. The fraction of sp³-hybridized carbons (Fsp3) is 0.478. The van der Waals surface area contributed by atoms with E-state index in [2.05, 4.69) is 22.5 Å². The van der Waals surface area contributed by atoms with Crippen molar-refractivity contribution in [3.05, 3.63) is 35.5 Å². The van der Waals surface area contributed by atoms with Crippen LogP contribution < -0.4 is 15.5 Å². The Hall–Kier alpha value is -3.20. The van der Waals surface area contributed by atoms with Crippen LogP contribution in [-0.4, -0.2) is 58.6 Å². The zero-order valence-corrected chi connectivity index (χ0v) is 18.4. The fourth-order valence-corrected chi connectivity index (χ4v) is 4.15. The molecule has 0 radical (unpaired) electrons. The Morgan fingerprint density at radius 1 is 1.12 bits per heavy atom. The summed E-state index contributed by atoms with van der Waals surface area (Å²) >= 11 is 0. The molecule has 168 valence electrons. The minimum atomic E-state index is -0.177. The number of amides is 3. The molecule has 3 heterocycles. The molecule has 0 bridgehead atoms. The number of fused-ring (bicyclic) bond motifs is 1. The number of hydrogen-bond acceptors (Lipinski definition) is 6.